The molecule has 0 heterocycles. The Labute approximate surface area is 94.1 Å². The summed E-state index contributed by atoms with van der Waals surface area (Å²) in [5.41, 5.74) is 0.765. The molecule has 0 aromatic carbocycles. The molecule has 0 nitrogen and oxygen atoms in total. The van der Waals surface area contributed by atoms with Gasteiger partial charge in [0.05, 0.1) is 3.23 Å². The van der Waals surface area contributed by atoms with E-state index in [1.165, 1.54) is 53.8 Å². The molecule has 7 aliphatic carbocycles. The first-order valence-electron chi connectivity index (χ1n) is 5.58. The van der Waals surface area contributed by atoms with E-state index in [1.54, 1.807) is 0 Å². The first kappa shape index (κ1) is 6.52. The van der Waals surface area contributed by atoms with Crippen LogP contribution in [0.2, 0.25) is 0 Å². The lowest BCUT2D eigenvalue weighted by Gasteiger charge is -2.21. The molecule has 7 saturated carbocycles. The van der Waals surface area contributed by atoms with Gasteiger partial charge in [-0.2, -0.15) is 0 Å². The SMILES string of the molecule is BrC1(Br)CC12C1[C@@H]3C4C5[C@@H]1[C@@H]5C2[C@H]43. The zero-order chi connectivity index (χ0) is 8.33. The van der Waals surface area contributed by atoms with E-state index in [-0.39, 0.29) is 0 Å². The van der Waals surface area contributed by atoms with Crippen LogP contribution in [0.4, 0.5) is 0 Å². The van der Waals surface area contributed by atoms with Gasteiger partial charge in [-0.1, -0.05) is 31.9 Å². The molecular formula is C11H10Br2. The van der Waals surface area contributed by atoms with Crippen molar-refractivity contribution in [3.63, 3.8) is 0 Å². The molecule has 0 aliphatic heterocycles. The second-order valence-electron chi connectivity index (χ2n) is 6.44. The first-order valence-corrected chi connectivity index (χ1v) is 7.17. The standard InChI is InChI=1S/C11H10Br2/c12-11(13)1-10(11)8-4-2-3-6(8)7(3)9(10)5(2)4/h2-9H,1H2/t2?,3?,4-,5-,6-,7-,8?,9?,10?/m1/s1. The smallest absolute Gasteiger partial charge is 0.0721 e. The minimum atomic E-state index is 0.391. The monoisotopic (exact) mass is 300 g/mol. The van der Waals surface area contributed by atoms with Gasteiger partial charge in [0.2, 0.25) is 0 Å². The summed E-state index contributed by atoms with van der Waals surface area (Å²) in [6, 6.07) is 0. The zero-order valence-corrected chi connectivity index (χ0v) is 10.3. The highest BCUT2D eigenvalue weighted by atomic mass is 79.9. The van der Waals surface area contributed by atoms with Gasteiger partial charge in [0.25, 0.3) is 0 Å². The van der Waals surface area contributed by atoms with E-state index in [9.17, 15) is 0 Å². The fourth-order valence-electron chi connectivity index (χ4n) is 6.87. The van der Waals surface area contributed by atoms with Crippen LogP contribution < -0.4 is 0 Å². The Morgan fingerprint density at radius 2 is 1.15 bits per heavy atom. The summed E-state index contributed by atoms with van der Waals surface area (Å²) in [6.45, 7) is 0. The van der Waals surface area contributed by atoms with Crippen molar-refractivity contribution in [1.82, 2.24) is 0 Å². The van der Waals surface area contributed by atoms with Crippen molar-refractivity contribution in [2.45, 2.75) is 9.65 Å². The molecule has 2 heteroatoms. The molecule has 0 aromatic heterocycles. The van der Waals surface area contributed by atoms with Crippen LogP contribution in [0.3, 0.4) is 0 Å². The van der Waals surface area contributed by atoms with E-state index in [4.69, 9.17) is 0 Å². The van der Waals surface area contributed by atoms with Crippen LogP contribution in [0.25, 0.3) is 0 Å². The summed E-state index contributed by atoms with van der Waals surface area (Å²) in [5, 5.41) is 0. The van der Waals surface area contributed by atoms with Gasteiger partial charge in [-0.25, -0.2) is 0 Å². The average molecular weight is 302 g/mol. The molecule has 0 unspecified atom stereocenters. The minimum absolute atomic E-state index is 0.391. The lowest BCUT2D eigenvalue weighted by Crippen LogP contribution is -2.20. The molecule has 0 saturated heterocycles. The normalized spacial score (nSPS) is 90.9. The van der Waals surface area contributed by atoms with E-state index in [0.29, 0.717) is 3.23 Å². The van der Waals surface area contributed by atoms with Crippen LogP contribution in [0.1, 0.15) is 6.42 Å². The van der Waals surface area contributed by atoms with Crippen molar-refractivity contribution in [2.24, 2.45) is 52.8 Å². The Bertz CT molecular complexity index is 342. The van der Waals surface area contributed by atoms with Gasteiger partial charge in [-0.05, 0) is 53.8 Å². The second-order valence-corrected chi connectivity index (χ2v) is 10.2. The van der Waals surface area contributed by atoms with Crippen molar-refractivity contribution in [1.29, 1.82) is 0 Å². The highest BCUT2D eigenvalue weighted by Gasteiger charge is 3.01. The van der Waals surface area contributed by atoms with Gasteiger partial charge in [-0.3, -0.25) is 0 Å². The van der Waals surface area contributed by atoms with Gasteiger partial charge in [0, 0.05) is 5.41 Å². The summed E-state index contributed by atoms with van der Waals surface area (Å²) in [6.07, 6.45) is 1.44. The summed E-state index contributed by atoms with van der Waals surface area (Å²) in [4.78, 5) is 0. The predicted octanol–water partition coefficient (Wildman–Crippen LogP) is 2.86. The number of alkyl halides is 2. The summed E-state index contributed by atoms with van der Waals surface area (Å²) in [5.74, 6) is 9.74. The largest absolute Gasteiger partial charge is 0.0874 e. The fraction of sp³-hybridized carbons (Fsp3) is 1.00. The lowest BCUT2D eigenvalue weighted by molar-refractivity contribution is 0.303. The van der Waals surface area contributed by atoms with E-state index in [1.807, 2.05) is 0 Å². The number of rotatable bonds is 0. The molecule has 1 spiro atoms. The molecule has 68 valence electrons. The van der Waals surface area contributed by atoms with Gasteiger partial charge >= 0.3 is 0 Å². The Morgan fingerprint density at radius 1 is 0.769 bits per heavy atom. The maximum atomic E-state index is 3.91. The maximum Gasteiger partial charge on any atom is 0.0874 e. The summed E-state index contributed by atoms with van der Waals surface area (Å²) >= 11 is 7.83. The van der Waals surface area contributed by atoms with Crippen molar-refractivity contribution in [2.75, 3.05) is 0 Å². The van der Waals surface area contributed by atoms with Gasteiger partial charge in [0.15, 0.2) is 0 Å². The molecule has 0 radical (unpaired) electrons. The second kappa shape index (κ2) is 1.29. The van der Waals surface area contributed by atoms with Gasteiger partial charge in [-0.15, -0.1) is 0 Å². The highest BCUT2D eigenvalue weighted by Crippen LogP contribution is 3.04. The minimum Gasteiger partial charge on any atom is -0.0721 e. The highest BCUT2D eigenvalue weighted by molar-refractivity contribution is 9.25. The van der Waals surface area contributed by atoms with Crippen molar-refractivity contribution < 1.29 is 0 Å². The first-order chi connectivity index (χ1) is 6.20. The molecule has 4 atom stereocenters. The molecular weight excluding hydrogens is 292 g/mol. The van der Waals surface area contributed by atoms with Gasteiger partial charge in [0.1, 0.15) is 0 Å². The van der Waals surface area contributed by atoms with Crippen molar-refractivity contribution in [3.8, 4) is 0 Å². The number of halogens is 2. The quantitative estimate of drug-likeness (QED) is 0.604. The van der Waals surface area contributed by atoms with Gasteiger partial charge < -0.3 is 0 Å². The lowest BCUT2D eigenvalue weighted by atomic mass is 9.88. The molecule has 2 bridgehead atoms. The summed E-state index contributed by atoms with van der Waals surface area (Å²) in [7, 11) is 0. The Balaban J connectivity index is 1.69. The van der Waals surface area contributed by atoms with E-state index >= 15 is 0 Å². The molecule has 13 heavy (non-hydrogen) atoms. The van der Waals surface area contributed by atoms with Crippen LogP contribution in [-0.4, -0.2) is 3.23 Å². The van der Waals surface area contributed by atoms with E-state index < -0.39 is 0 Å². The Morgan fingerprint density at radius 3 is 1.46 bits per heavy atom. The number of hydrogen-bond donors (Lipinski definition) is 0. The fourth-order valence-corrected chi connectivity index (χ4v) is 8.85. The Hall–Kier alpha value is 0.960. The maximum absolute atomic E-state index is 3.91. The molecule has 0 aromatic rings. The molecule has 0 amide bonds. The molecule has 7 fully saturated rings. The molecule has 7 aliphatic rings. The van der Waals surface area contributed by atoms with Crippen LogP contribution in [-0.2, 0) is 0 Å². The number of hydrogen-bond acceptors (Lipinski definition) is 0. The van der Waals surface area contributed by atoms with E-state index in [2.05, 4.69) is 31.9 Å². The third-order valence-electron chi connectivity index (χ3n) is 6.75. The molecule has 7 rings (SSSR count). The Kier molecular flexibility index (Phi) is 0.645. The summed E-state index contributed by atoms with van der Waals surface area (Å²) < 4.78 is 0.391. The topological polar surface area (TPSA) is 0 Å². The zero-order valence-electron chi connectivity index (χ0n) is 7.08. The van der Waals surface area contributed by atoms with Crippen LogP contribution >= 0.6 is 31.9 Å². The average Bonchev–Trinajstić information content (AvgIpc) is 2.94. The predicted molar refractivity (Wildman–Crippen MR) is 55.6 cm³/mol. The third kappa shape index (κ3) is 0.358. The van der Waals surface area contributed by atoms with Crippen LogP contribution in [0.15, 0.2) is 0 Å². The van der Waals surface area contributed by atoms with Crippen LogP contribution in [0, 0.1) is 52.8 Å². The van der Waals surface area contributed by atoms with Crippen molar-refractivity contribution >= 4 is 31.9 Å². The third-order valence-corrected chi connectivity index (χ3v) is 8.79. The van der Waals surface area contributed by atoms with Crippen molar-refractivity contribution in [3.05, 3.63) is 0 Å². The van der Waals surface area contributed by atoms with Crippen LogP contribution in [0.5, 0.6) is 0 Å². The molecule has 0 N–H and O–H groups in total. The van der Waals surface area contributed by atoms with E-state index in [0.717, 1.165) is 5.41 Å².